The van der Waals surface area contributed by atoms with Crippen LogP contribution in [0.3, 0.4) is 0 Å². The first-order valence-electron chi connectivity index (χ1n) is 12.4. The van der Waals surface area contributed by atoms with E-state index in [0.29, 0.717) is 29.4 Å². The summed E-state index contributed by atoms with van der Waals surface area (Å²) in [6.45, 7) is 3.95. The van der Waals surface area contributed by atoms with Crippen LogP contribution in [0.2, 0.25) is 0 Å². The monoisotopic (exact) mass is 603 g/mol. The molecule has 3 aromatic carbocycles. The number of methoxy groups -OCH3 is 1. The van der Waals surface area contributed by atoms with Crippen LogP contribution in [0.15, 0.2) is 74.9 Å². The van der Waals surface area contributed by atoms with Crippen LogP contribution in [-0.4, -0.2) is 39.3 Å². The fraction of sp³-hybridized carbons (Fsp3) is 0.172. The number of hydrogen-bond donors (Lipinski definition) is 3. The second-order valence-electron chi connectivity index (χ2n) is 9.19. The lowest BCUT2D eigenvalue weighted by Gasteiger charge is -2.15. The van der Waals surface area contributed by atoms with Gasteiger partial charge in [-0.15, -0.1) is 0 Å². The molecule has 0 unspecified atom stereocenters. The molecular weight excluding hydrogens is 578 g/mol. The van der Waals surface area contributed by atoms with E-state index in [1.165, 1.54) is 0 Å². The molecule has 0 aliphatic heterocycles. The van der Waals surface area contributed by atoms with Crippen LogP contribution in [0, 0.1) is 13.8 Å². The van der Waals surface area contributed by atoms with Crippen LogP contribution in [0.25, 0.3) is 16.6 Å². The average molecular weight is 604 g/mol. The Labute approximate surface area is 237 Å². The van der Waals surface area contributed by atoms with Crippen molar-refractivity contribution in [1.82, 2.24) is 25.1 Å². The van der Waals surface area contributed by atoms with Crippen LogP contribution in [0.1, 0.15) is 27.2 Å². The molecule has 204 valence electrons. The molecule has 0 saturated heterocycles. The van der Waals surface area contributed by atoms with Gasteiger partial charge in [-0.3, -0.25) is 14.6 Å². The zero-order valence-corrected chi connectivity index (χ0v) is 23.6. The molecule has 5 rings (SSSR count). The third-order valence-corrected chi connectivity index (χ3v) is 7.05. The number of aryl methyl sites for hydroxylation is 2. The number of H-pyrrole nitrogens is 2. The Morgan fingerprint density at radius 2 is 1.82 bits per heavy atom. The van der Waals surface area contributed by atoms with Crippen LogP contribution in [0.5, 0.6) is 17.2 Å². The zero-order valence-electron chi connectivity index (χ0n) is 22.0. The Bertz CT molecular complexity index is 1830. The Morgan fingerprint density at radius 1 is 1.07 bits per heavy atom. The van der Waals surface area contributed by atoms with Crippen LogP contribution >= 0.6 is 15.9 Å². The maximum atomic E-state index is 12.9. The van der Waals surface area contributed by atoms with Gasteiger partial charge < -0.3 is 19.8 Å². The number of amides is 1. The van der Waals surface area contributed by atoms with E-state index in [4.69, 9.17) is 9.47 Å². The Kier molecular flexibility index (Phi) is 7.56. The molecule has 3 N–H and O–H groups in total. The van der Waals surface area contributed by atoms with Gasteiger partial charge >= 0.3 is 5.69 Å². The number of benzene rings is 3. The molecule has 0 bridgehead atoms. The van der Waals surface area contributed by atoms with Gasteiger partial charge in [0.2, 0.25) is 5.69 Å². The van der Waals surface area contributed by atoms with Crippen molar-refractivity contribution in [2.45, 2.75) is 20.3 Å². The van der Waals surface area contributed by atoms with E-state index in [1.54, 1.807) is 37.4 Å². The van der Waals surface area contributed by atoms with E-state index in [-0.39, 0.29) is 6.54 Å². The number of aromatic amines is 2. The van der Waals surface area contributed by atoms with Crippen molar-refractivity contribution in [2.24, 2.45) is 0 Å². The SMILES string of the molecule is COc1ccc(Oc2c(C)cc(-n3nc(C(=O)NCCc4c[nH]c5ccccc45)c(=O)[nH]c3=O)cc2C)cc1Br. The lowest BCUT2D eigenvalue weighted by molar-refractivity contribution is 0.0945. The molecule has 10 nitrogen and oxygen atoms in total. The number of rotatable bonds is 8. The topological polar surface area (TPSA) is 131 Å². The first-order chi connectivity index (χ1) is 19.2. The summed E-state index contributed by atoms with van der Waals surface area (Å²) in [5.74, 6) is 1.21. The third kappa shape index (κ3) is 5.41. The predicted molar refractivity (Wildman–Crippen MR) is 155 cm³/mol. The summed E-state index contributed by atoms with van der Waals surface area (Å²) in [6, 6.07) is 16.6. The first-order valence-corrected chi connectivity index (χ1v) is 13.2. The Balaban J connectivity index is 1.36. The zero-order chi connectivity index (χ0) is 28.4. The second-order valence-corrected chi connectivity index (χ2v) is 10.0. The average Bonchev–Trinajstić information content (AvgIpc) is 3.34. The fourth-order valence-corrected chi connectivity index (χ4v) is 5.02. The van der Waals surface area contributed by atoms with Crippen molar-refractivity contribution < 1.29 is 14.3 Å². The van der Waals surface area contributed by atoms with E-state index >= 15 is 0 Å². The Hall–Kier alpha value is -4.64. The predicted octanol–water partition coefficient (Wildman–Crippen LogP) is 4.55. The lowest BCUT2D eigenvalue weighted by atomic mass is 10.1. The third-order valence-electron chi connectivity index (χ3n) is 6.43. The molecule has 2 aromatic heterocycles. The minimum atomic E-state index is -0.857. The number of para-hydroxylation sites is 1. The molecule has 0 saturated carbocycles. The highest BCUT2D eigenvalue weighted by Gasteiger charge is 2.18. The van der Waals surface area contributed by atoms with Gasteiger partial charge in [0.05, 0.1) is 17.3 Å². The highest BCUT2D eigenvalue weighted by Crippen LogP contribution is 2.34. The molecule has 1 amide bonds. The first kappa shape index (κ1) is 26.9. The summed E-state index contributed by atoms with van der Waals surface area (Å²) in [6.07, 6.45) is 2.45. The molecule has 0 aliphatic carbocycles. The number of aromatic nitrogens is 4. The summed E-state index contributed by atoms with van der Waals surface area (Å²) in [5, 5.41) is 7.91. The van der Waals surface area contributed by atoms with E-state index < -0.39 is 22.9 Å². The fourth-order valence-electron chi connectivity index (χ4n) is 4.50. The number of halogens is 1. The number of ether oxygens (including phenoxy) is 2. The van der Waals surface area contributed by atoms with Gasteiger partial charge in [-0.2, -0.15) is 9.78 Å². The molecule has 40 heavy (non-hydrogen) atoms. The number of carbonyl (C=O) groups excluding carboxylic acids is 1. The van der Waals surface area contributed by atoms with Gasteiger partial charge in [0, 0.05) is 23.6 Å². The van der Waals surface area contributed by atoms with Gasteiger partial charge in [-0.25, -0.2) is 4.79 Å². The molecule has 5 aromatic rings. The molecule has 0 radical (unpaired) electrons. The molecular formula is C29H26BrN5O5. The van der Waals surface area contributed by atoms with Crippen LogP contribution in [-0.2, 0) is 6.42 Å². The van der Waals surface area contributed by atoms with E-state index in [1.807, 2.05) is 44.3 Å². The molecule has 0 aliphatic rings. The smallest absolute Gasteiger partial charge is 0.349 e. The van der Waals surface area contributed by atoms with Crippen molar-refractivity contribution >= 4 is 32.7 Å². The van der Waals surface area contributed by atoms with E-state index in [2.05, 4.69) is 36.3 Å². The summed E-state index contributed by atoms with van der Waals surface area (Å²) in [5.41, 5.74) is 1.87. The summed E-state index contributed by atoms with van der Waals surface area (Å²) in [4.78, 5) is 43.4. The minimum Gasteiger partial charge on any atom is -0.496 e. The highest BCUT2D eigenvalue weighted by atomic mass is 79.9. The van der Waals surface area contributed by atoms with Gasteiger partial charge in [0.1, 0.15) is 17.2 Å². The van der Waals surface area contributed by atoms with Crippen molar-refractivity contribution in [2.75, 3.05) is 13.7 Å². The van der Waals surface area contributed by atoms with Gasteiger partial charge in [0.15, 0.2) is 0 Å². The summed E-state index contributed by atoms with van der Waals surface area (Å²) >= 11 is 3.45. The number of fused-ring (bicyclic) bond motifs is 1. The maximum Gasteiger partial charge on any atom is 0.349 e. The number of carbonyl (C=O) groups is 1. The van der Waals surface area contributed by atoms with Crippen molar-refractivity contribution in [3.63, 3.8) is 0 Å². The largest absolute Gasteiger partial charge is 0.496 e. The minimum absolute atomic E-state index is 0.284. The number of nitrogens with one attached hydrogen (secondary N) is 3. The summed E-state index contributed by atoms with van der Waals surface area (Å²) < 4.78 is 13.1. The lowest BCUT2D eigenvalue weighted by Crippen LogP contribution is -2.39. The molecule has 11 heteroatoms. The standard InChI is InChI=1S/C29H26BrN5O5/c1-16-12-19(13-17(2)26(16)40-20-8-9-24(39-3)22(30)14-20)35-29(38)33-28(37)25(34-35)27(36)31-11-10-18-15-32-23-7-5-4-6-21(18)23/h4-9,12-15,32H,10-11H2,1-3H3,(H,31,36)(H,33,37,38). The second kappa shape index (κ2) is 11.2. The quantitative estimate of drug-likeness (QED) is 0.238. The summed E-state index contributed by atoms with van der Waals surface area (Å²) in [7, 11) is 1.58. The van der Waals surface area contributed by atoms with Crippen LogP contribution in [0.4, 0.5) is 0 Å². The molecule has 0 spiro atoms. The highest BCUT2D eigenvalue weighted by molar-refractivity contribution is 9.10. The Morgan fingerprint density at radius 3 is 2.55 bits per heavy atom. The van der Waals surface area contributed by atoms with Crippen molar-refractivity contribution in [3.8, 4) is 22.9 Å². The normalized spacial score (nSPS) is 11.0. The number of hydrogen-bond acceptors (Lipinski definition) is 6. The molecule has 2 heterocycles. The van der Waals surface area contributed by atoms with Gasteiger partial charge in [-0.1, -0.05) is 18.2 Å². The van der Waals surface area contributed by atoms with Crippen molar-refractivity contribution in [1.29, 1.82) is 0 Å². The van der Waals surface area contributed by atoms with E-state index in [9.17, 15) is 14.4 Å². The number of nitrogens with zero attached hydrogens (tertiary/aromatic N) is 2. The van der Waals surface area contributed by atoms with E-state index in [0.717, 1.165) is 36.7 Å². The van der Waals surface area contributed by atoms with Gasteiger partial charge in [-0.05, 0) is 89.3 Å². The molecule has 0 atom stereocenters. The maximum absolute atomic E-state index is 12.9. The van der Waals surface area contributed by atoms with Crippen LogP contribution < -0.4 is 26.0 Å². The van der Waals surface area contributed by atoms with Crippen molar-refractivity contribution in [3.05, 3.63) is 108 Å². The molecule has 0 fully saturated rings. The van der Waals surface area contributed by atoms with Gasteiger partial charge in [0.25, 0.3) is 11.5 Å².